The normalized spacial score (nSPS) is 18.4. The summed E-state index contributed by atoms with van der Waals surface area (Å²) in [6.45, 7) is 4.23. The number of carbonyl (C=O) groups is 2. The van der Waals surface area contributed by atoms with Crippen LogP contribution in [-0.4, -0.2) is 22.8 Å². The molecule has 1 aromatic carbocycles. The van der Waals surface area contributed by atoms with Gasteiger partial charge in [-0.3, -0.25) is 9.69 Å². The summed E-state index contributed by atoms with van der Waals surface area (Å²) in [6, 6.07) is 9.40. The van der Waals surface area contributed by atoms with E-state index in [0.717, 1.165) is 5.56 Å². The molecule has 4 nitrogen and oxygen atoms in total. The molecule has 1 aliphatic heterocycles. The number of amides is 1. The molecule has 20 heavy (non-hydrogen) atoms. The van der Waals surface area contributed by atoms with E-state index in [1.807, 2.05) is 44.2 Å². The van der Waals surface area contributed by atoms with E-state index in [2.05, 4.69) is 0 Å². The van der Waals surface area contributed by atoms with Crippen molar-refractivity contribution in [2.24, 2.45) is 5.92 Å². The molecule has 106 valence electrons. The fraction of sp³-hybridized carbons (Fsp3) is 0.375. The molecule has 1 atom stereocenters. The summed E-state index contributed by atoms with van der Waals surface area (Å²) in [7, 11) is 0. The molecule has 0 fully saturated rings. The summed E-state index contributed by atoms with van der Waals surface area (Å²) in [5.74, 6) is 0.254. The predicted molar refractivity (Wildman–Crippen MR) is 75.9 cm³/mol. The van der Waals surface area contributed by atoms with Crippen molar-refractivity contribution in [2.75, 3.05) is 0 Å². The molecule has 0 saturated carbocycles. The van der Waals surface area contributed by atoms with Gasteiger partial charge in [-0.1, -0.05) is 44.2 Å². The van der Waals surface area contributed by atoms with Crippen LogP contribution in [-0.2, 0) is 16.1 Å². The Kier molecular flexibility index (Phi) is 4.56. The van der Waals surface area contributed by atoms with Gasteiger partial charge in [0, 0.05) is 18.7 Å². The van der Waals surface area contributed by atoms with Crippen molar-refractivity contribution in [1.29, 1.82) is 0 Å². The first kappa shape index (κ1) is 14.3. The van der Waals surface area contributed by atoms with Crippen LogP contribution in [0.1, 0.15) is 25.8 Å². The quantitative estimate of drug-likeness (QED) is 0.850. The Balaban J connectivity index is 2.00. The van der Waals surface area contributed by atoms with E-state index in [9.17, 15) is 9.59 Å². The van der Waals surface area contributed by atoms with Crippen LogP contribution in [0.15, 0.2) is 42.6 Å². The van der Waals surface area contributed by atoms with E-state index in [0.29, 0.717) is 6.42 Å². The number of nitrogens with zero attached hydrogens (tertiary/aromatic N) is 1. The highest BCUT2D eigenvalue weighted by molar-refractivity contribution is 5.92. The molecule has 0 bridgehead atoms. The maximum atomic E-state index is 12.1. The minimum absolute atomic E-state index is 0.0517. The van der Waals surface area contributed by atoms with Crippen molar-refractivity contribution in [3.05, 3.63) is 48.2 Å². The molecule has 0 saturated heterocycles. The van der Waals surface area contributed by atoms with Gasteiger partial charge in [-0.25, -0.2) is 4.79 Å². The van der Waals surface area contributed by atoms with Crippen molar-refractivity contribution in [2.45, 2.75) is 32.9 Å². The van der Waals surface area contributed by atoms with Gasteiger partial charge >= 0.3 is 6.09 Å². The van der Waals surface area contributed by atoms with Gasteiger partial charge in [-0.05, 0) is 17.6 Å². The lowest BCUT2D eigenvalue weighted by Gasteiger charge is -2.32. The van der Waals surface area contributed by atoms with E-state index < -0.39 is 6.09 Å². The fourth-order valence-electron chi connectivity index (χ4n) is 2.19. The minimum Gasteiger partial charge on any atom is -0.444 e. The Bertz CT molecular complexity index is 508. The van der Waals surface area contributed by atoms with Crippen molar-refractivity contribution in [3.63, 3.8) is 0 Å². The first-order valence-corrected chi connectivity index (χ1v) is 6.78. The summed E-state index contributed by atoms with van der Waals surface area (Å²) in [5.41, 5.74) is 0.944. The molecule has 0 aromatic heterocycles. The third kappa shape index (κ3) is 3.47. The summed E-state index contributed by atoms with van der Waals surface area (Å²) in [4.78, 5) is 25.1. The molecule has 1 heterocycles. The Morgan fingerprint density at radius 3 is 2.70 bits per heavy atom. The highest BCUT2D eigenvalue weighted by Crippen LogP contribution is 2.21. The van der Waals surface area contributed by atoms with Crippen molar-refractivity contribution in [1.82, 2.24) is 4.90 Å². The van der Waals surface area contributed by atoms with Crippen LogP contribution < -0.4 is 0 Å². The Labute approximate surface area is 119 Å². The van der Waals surface area contributed by atoms with Crippen molar-refractivity contribution in [3.8, 4) is 0 Å². The van der Waals surface area contributed by atoms with Gasteiger partial charge < -0.3 is 4.74 Å². The number of allylic oxidation sites excluding steroid dienone is 1. The van der Waals surface area contributed by atoms with Crippen LogP contribution in [0, 0.1) is 5.92 Å². The average molecular weight is 273 g/mol. The summed E-state index contributed by atoms with van der Waals surface area (Å²) in [5, 5.41) is 0. The second-order valence-electron chi connectivity index (χ2n) is 5.24. The summed E-state index contributed by atoms with van der Waals surface area (Å²) in [6.07, 6.45) is 2.91. The standard InChI is InChI=1S/C16H19NO3/c1-12(2)15-10-14(18)8-9-17(15)16(19)20-11-13-6-4-3-5-7-13/h3-9,12,15H,10-11H2,1-2H3/t15-/m1/s1. The van der Waals surface area contributed by atoms with Crippen LogP contribution in [0.5, 0.6) is 0 Å². The molecule has 2 rings (SSSR count). The molecule has 0 N–H and O–H groups in total. The van der Waals surface area contributed by atoms with Gasteiger partial charge in [0.05, 0.1) is 0 Å². The van der Waals surface area contributed by atoms with E-state index in [4.69, 9.17) is 4.74 Å². The third-order valence-electron chi connectivity index (χ3n) is 3.37. The van der Waals surface area contributed by atoms with Crippen molar-refractivity contribution >= 4 is 11.9 Å². The third-order valence-corrected chi connectivity index (χ3v) is 3.37. The highest BCUT2D eigenvalue weighted by atomic mass is 16.6. The van der Waals surface area contributed by atoms with Crippen molar-refractivity contribution < 1.29 is 14.3 Å². The number of carbonyl (C=O) groups excluding carboxylic acids is 2. The molecule has 0 unspecified atom stereocenters. The molecular weight excluding hydrogens is 254 g/mol. The van der Waals surface area contributed by atoms with Gasteiger partial charge in [-0.15, -0.1) is 0 Å². The summed E-state index contributed by atoms with van der Waals surface area (Å²) >= 11 is 0. The average Bonchev–Trinajstić information content (AvgIpc) is 2.45. The Morgan fingerprint density at radius 1 is 1.35 bits per heavy atom. The van der Waals surface area contributed by atoms with Crippen LogP contribution in [0.4, 0.5) is 4.79 Å². The molecule has 0 aliphatic carbocycles. The fourth-order valence-corrected chi connectivity index (χ4v) is 2.19. The molecule has 1 aromatic rings. The first-order valence-electron chi connectivity index (χ1n) is 6.78. The molecule has 1 aliphatic rings. The smallest absolute Gasteiger partial charge is 0.414 e. The molecule has 0 spiro atoms. The number of hydrogen-bond acceptors (Lipinski definition) is 3. The van der Waals surface area contributed by atoms with Crippen LogP contribution in [0.3, 0.4) is 0 Å². The van der Waals surface area contributed by atoms with Crippen LogP contribution in [0.2, 0.25) is 0 Å². The minimum atomic E-state index is -0.406. The summed E-state index contributed by atoms with van der Waals surface area (Å²) < 4.78 is 5.31. The van der Waals surface area contributed by atoms with E-state index >= 15 is 0 Å². The lowest BCUT2D eigenvalue weighted by Crippen LogP contribution is -2.43. The first-order chi connectivity index (χ1) is 9.58. The zero-order valence-electron chi connectivity index (χ0n) is 11.8. The lowest BCUT2D eigenvalue weighted by molar-refractivity contribution is -0.116. The monoisotopic (exact) mass is 273 g/mol. The number of ether oxygens (including phenoxy) is 1. The zero-order valence-corrected chi connectivity index (χ0v) is 11.8. The SMILES string of the molecule is CC(C)[C@H]1CC(=O)C=CN1C(=O)OCc1ccccc1. The van der Waals surface area contributed by atoms with Gasteiger partial charge in [0.1, 0.15) is 6.61 Å². The lowest BCUT2D eigenvalue weighted by atomic mass is 9.95. The Morgan fingerprint density at radius 2 is 2.05 bits per heavy atom. The second-order valence-corrected chi connectivity index (χ2v) is 5.24. The van der Waals surface area contributed by atoms with Gasteiger partial charge in [0.2, 0.25) is 0 Å². The van der Waals surface area contributed by atoms with E-state index in [-0.39, 0.29) is 24.3 Å². The Hall–Kier alpha value is -2.10. The van der Waals surface area contributed by atoms with Gasteiger partial charge in [0.25, 0.3) is 0 Å². The van der Waals surface area contributed by atoms with E-state index in [1.54, 1.807) is 0 Å². The van der Waals surface area contributed by atoms with Crippen LogP contribution >= 0.6 is 0 Å². The molecular formula is C16H19NO3. The molecule has 4 heteroatoms. The van der Waals surface area contributed by atoms with E-state index in [1.165, 1.54) is 17.2 Å². The largest absolute Gasteiger partial charge is 0.444 e. The second kappa shape index (κ2) is 6.37. The number of benzene rings is 1. The maximum Gasteiger partial charge on any atom is 0.414 e. The van der Waals surface area contributed by atoms with Gasteiger partial charge in [0.15, 0.2) is 5.78 Å². The van der Waals surface area contributed by atoms with Gasteiger partial charge in [-0.2, -0.15) is 0 Å². The van der Waals surface area contributed by atoms with Crippen LogP contribution in [0.25, 0.3) is 0 Å². The molecule has 1 amide bonds. The predicted octanol–water partition coefficient (Wildman–Crippen LogP) is 3.14. The number of ketones is 1. The highest BCUT2D eigenvalue weighted by Gasteiger charge is 2.30. The number of rotatable bonds is 3. The topological polar surface area (TPSA) is 46.6 Å². The zero-order chi connectivity index (χ0) is 14.5. The maximum absolute atomic E-state index is 12.1. The number of hydrogen-bond donors (Lipinski definition) is 0. The molecule has 0 radical (unpaired) electrons.